The van der Waals surface area contributed by atoms with Gasteiger partial charge in [-0.05, 0) is 24.3 Å². The fraction of sp³-hybridized carbons (Fsp3) is 0. The third-order valence-electron chi connectivity index (χ3n) is 3.41. The van der Waals surface area contributed by atoms with Gasteiger partial charge in [0, 0.05) is 0 Å². The van der Waals surface area contributed by atoms with E-state index in [9.17, 15) is 39.6 Å². The molecule has 0 heterocycles. The second kappa shape index (κ2) is 6.92. The van der Waals surface area contributed by atoms with Gasteiger partial charge in [0.05, 0.1) is 11.1 Å². The molecule has 0 radical (unpaired) electrons. The third-order valence-corrected chi connectivity index (χ3v) is 3.41. The van der Waals surface area contributed by atoms with Crippen LogP contribution in [0.4, 0.5) is 0 Å². The Morgan fingerprint density at radius 2 is 0.815 bits per heavy atom. The highest BCUT2D eigenvalue weighted by molar-refractivity contribution is 6.13. The lowest BCUT2D eigenvalue weighted by Crippen LogP contribution is -2.30. The first-order valence-corrected chi connectivity index (χ1v) is 6.97. The van der Waals surface area contributed by atoms with Crippen LogP contribution in [0.15, 0.2) is 24.3 Å². The first-order valence-electron chi connectivity index (χ1n) is 6.97. The molecule has 0 saturated heterocycles. The molecule has 2 aromatic carbocycles. The average Bonchev–Trinajstić information content (AvgIpc) is 2.57. The number of benzene rings is 2. The fourth-order valence-electron chi connectivity index (χ4n) is 2.10. The molecule has 0 saturated carbocycles. The second-order valence-electron chi connectivity index (χ2n) is 5.17. The van der Waals surface area contributed by atoms with E-state index in [1.165, 1.54) is 0 Å². The Hall–Kier alpha value is -4.28. The van der Waals surface area contributed by atoms with Crippen molar-refractivity contribution in [2.45, 2.75) is 0 Å². The minimum absolute atomic E-state index is 0.599. The van der Waals surface area contributed by atoms with Crippen molar-refractivity contribution in [1.82, 2.24) is 5.32 Å². The SMILES string of the molecule is O=C(O)c1cc(O)c(C(=O)NC(=O)c2cc(O)c(C(=O)O)cc2O)cc1O. The van der Waals surface area contributed by atoms with Gasteiger partial charge in [0.1, 0.15) is 34.1 Å². The molecule has 7 N–H and O–H groups in total. The predicted molar refractivity (Wildman–Crippen MR) is 85.3 cm³/mol. The zero-order valence-corrected chi connectivity index (χ0v) is 13.1. The zero-order chi connectivity index (χ0) is 20.5. The number of carbonyl (C=O) groups is 4. The quantitative estimate of drug-likeness (QED) is 0.290. The number of aromatic hydroxyl groups is 4. The highest BCUT2D eigenvalue weighted by Crippen LogP contribution is 2.29. The van der Waals surface area contributed by atoms with Crippen molar-refractivity contribution < 1.29 is 49.8 Å². The molecule has 0 atom stereocenters. The Kier molecular flexibility index (Phi) is 4.88. The van der Waals surface area contributed by atoms with Crippen LogP contribution in [0.2, 0.25) is 0 Å². The lowest BCUT2D eigenvalue weighted by molar-refractivity contribution is 0.0682. The molecule has 11 nitrogen and oxygen atoms in total. The fourth-order valence-corrected chi connectivity index (χ4v) is 2.10. The highest BCUT2D eigenvalue weighted by atomic mass is 16.4. The van der Waals surface area contributed by atoms with Crippen molar-refractivity contribution in [3.63, 3.8) is 0 Å². The number of carboxylic acids is 2. The summed E-state index contributed by atoms with van der Waals surface area (Å²) in [5.74, 6) is -9.02. The molecular weight excluding hydrogens is 366 g/mol. The Morgan fingerprint density at radius 1 is 0.556 bits per heavy atom. The standard InChI is InChI=1S/C16H11NO10/c18-9-3-7(15(24)25)11(20)1-5(9)13(22)17-14(23)6-2-12(21)8(16(26)27)4-10(6)19/h1-4,18-21H,(H,24,25)(H,26,27)(H,17,22,23). The van der Waals surface area contributed by atoms with E-state index < -0.39 is 69.0 Å². The normalized spacial score (nSPS) is 10.2. The minimum atomic E-state index is -1.57. The number of rotatable bonds is 4. The maximum absolute atomic E-state index is 12.1. The third kappa shape index (κ3) is 3.71. The van der Waals surface area contributed by atoms with Crippen molar-refractivity contribution in [1.29, 1.82) is 0 Å². The van der Waals surface area contributed by atoms with Gasteiger partial charge in [0.15, 0.2) is 0 Å². The van der Waals surface area contributed by atoms with Gasteiger partial charge in [-0.1, -0.05) is 0 Å². The molecule has 2 aromatic rings. The van der Waals surface area contributed by atoms with Crippen LogP contribution in [0.3, 0.4) is 0 Å². The number of nitrogens with one attached hydrogen (secondary N) is 1. The van der Waals surface area contributed by atoms with Crippen LogP contribution >= 0.6 is 0 Å². The van der Waals surface area contributed by atoms with Crippen LogP contribution in [0, 0.1) is 0 Å². The van der Waals surface area contributed by atoms with Crippen molar-refractivity contribution >= 4 is 23.8 Å². The van der Waals surface area contributed by atoms with E-state index in [-0.39, 0.29) is 0 Å². The van der Waals surface area contributed by atoms with E-state index in [2.05, 4.69) is 0 Å². The van der Waals surface area contributed by atoms with Gasteiger partial charge in [-0.25, -0.2) is 9.59 Å². The summed E-state index contributed by atoms with van der Waals surface area (Å²) in [6.07, 6.45) is 0. The molecule has 0 aliphatic carbocycles. The molecule has 11 heteroatoms. The number of phenols is 4. The maximum Gasteiger partial charge on any atom is 0.339 e. The van der Waals surface area contributed by atoms with Gasteiger partial charge in [0.2, 0.25) is 0 Å². The molecule has 0 bridgehead atoms. The largest absolute Gasteiger partial charge is 0.507 e. The van der Waals surface area contributed by atoms with Crippen LogP contribution in [0.25, 0.3) is 0 Å². The summed E-state index contributed by atoms with van der Waals surface area (Å²) >= 11 is 0. The summed E-state index contributed by atoms with van der Waals surface area (Å²) < 4.78 is 0. The second-order valence-corrected chi connectivity index (χ2v) is 5.17. The monoisotopic (exact) mass is 377 g/mol. The average molecular weight is 377 g/mol. The van der Waals surface area contributed by atoms with Gasteiger partial charge < -0.3 is 30.6 Å². The van der Waals surface area contributed by atoms with E-state index >= 15 is 0 Å². The molecule has 0 spiro atoms. The zero-order valence-electron chi connectivity index (χ0n) is 13.1. The molecule has 2 rings (SSSR count). The van der Waals surface area contributed by atoms with E-state index in [1.54, 1.807) is 5.32 Å². The lowest BCUT2D eigenvalue weighted by Gasteiger charge is -2.10. The molecule has 27 heavy (non-hydrogen) atoms. The number of imide groups is 1. The van der Waals surface area contributed by atoms with Gasteiger partial charge >= 0.3 is 11.9 Å². The van der Waals surface area contributed by atoms with Gasteiger partial charge in [0.25, 0.3) is 11.8 Å². The summed E-state index contributed by atoms with van der Waals surface area (Å²) in [6, 6.07) is 2.43. The number of amides is 2. The number of carbonyl (C=O) groups excluding carboxylic acids is 2. The van der Waals surface area contributed by atoms with Crippen LogP contribution in [-0.2, 0) is 0 Å². The van der Waals surface area contributed by atoms with Gasteiger partial charge in [-0.15, -0.1) is 0 Å². The molecule has 0 fully saturated rings. The molecule has 0 unspecified atom stereocenters. The smallest absolute Gasteiger partial charge is 0.339 e. The maximum atomic E-state index is 12.1. The molecular formula is C16H11NO10. The Labute approximate surface area is 149 Å². The predicted octanol–water partition coefficient (Wildman–Crippen LogP) is 0.476. The van der Waals surface area contributed by atoms with Crippen LogP contribution in [0.5, 0.6) is 23.0 Å². The summed E-state index contributed by atoms with van der Waals surface area (Å²) in [5, 5.41) is 57.9. The van der Waals surface area contributed by atoms with Crippen LogP contribution in [-0.4, -0.2) is 54.4 Å². The minimum Gasteiger partial charge on any atom is -0.507 e. The Morgan fingerprint density at radius 3 is 1.11 bits per heavy atom. The van der Waals surface area contributed by atoms with Crippen molar-refractivity contribution in [3.8, 4) is 23.0 Å². The van der Waals surface area contributed by atoms with E-state index in [0.29, 0.717) is 24.3 Å². The van der Waals surface area contributed by atoms with E-state index in [1.807, 2.05) is 0 Å². The Bertz CT molecular complexity index is 916. The lowest BCUT2D eigenvalue weighted by atomic mass is 10.1. The molecule has 0 aliphatic heterocycles. The van der Waals surface area contributed by atoms with Crippen molar-refractivity contribution in [2.75, 3.05) is 0 Å². The van der Waals surface area contributed by atoms with Crippen LogP contribution < -0.4 is 5.32 Å². The topological polar surface area (TPSA) is 202 Å². The number of hydrogen-bond acceptors (Lipinski definition) is 8. The van der Waals surface area contributed by atoms with Gasteiger partial charge in [-0.3, -0.25) is 14.9 Å². The number of hydrogen-bond donors (Lipinski definition) is 7. The summed E-state index contributed by atoms with van der Waals surface area (Å²) in [7, 11) is 0. The number of aromatic carboxylic acids is 2. The Balaban J connectivity index is 2.33. The number of phenolic OH excluding ortho intramolecular Hbond substituents is 2. The molecule has 0 aromatic heterocycles. The van der Waals surface area contributed by atoms with E-state index in [4.69, 9.17) is 10.2 Å². The first kappa shape index (κ1) is 19.1. The molecule has 140 valence electrons. The summed E-state index contributed by atoms with van der Waals surface area (Å²) in [5.41, 5.74) is -2.64. The number of carboxylic acid groups (broad SMARTS) is 2. The molecule has 0 aliphatic rings. The molecule has 2 amide bonds. The summed E-state index contributed by atoms with van der Waals surface area (Å²) in [6.45, 7) is 0. The highest BCUT2D eigenvalue weighted by Gasteiger charge is 2.23. The van der Waals surface area contributed by atoms with Gasteiger partial charge in [-0.2, -0.15) is 0 Å². The van der Waals surface area contributed by atoms with Crippen molar-refractivity contribution in [2.24, 2.45) is 0 Å². The van der Waals surface area contributed by atoms with E-state index in [0.717, 1.165) is 0 Å². The summed E-state index contributed by atoms with van der Waals surface area (Å²) in [4.78, 5) is 45.8. The van der Waals surface area contributed by atoms with Crippen molar-refractivity contribution in [3.05, 3.63) is 46.5 Å². The van der Waals surface area contributed by atoms with Crippen LogP contribution in [0.1, 0.15) is 41.4 Å². The first-order chi connectivity index (χ1) is 12.5.